The number of aryl methyl sites for hydroxylation is 2. The summed E-state index contributed by atoms with van der Waals surface area (Å²) in [5.74, 6) is 0.101. The molecule has 76 heavy (non-hydrogen) atoms. The first kappa shape index (κ1) is 56.8. The van der Waals surface area contributed by atoms with E-state index in [2.05, 4.69) is 29.9 Å². The highest BCUT2D eigenvalue weighted by atomic mass is 35.5. The molecule has 0 unspecified atom stereocenters. The molecule has 7 aromatic rings. The normalized spacial score (nSPS) is 14.4. The van der Waals surface area contributed by atoms with E-state index < -0.39 is 25.3 Å². The summed E-state index contributed by atoms with van der Waals surface area (Å²) in [5, 5.41) is 9.76. The fourth-order valence-corrected chi connectivity index (χ4v) is 11.1. The lowest BCUT2D eigenvalue weighted by Gasteiger charge is -2.31. The fourth-order valence-electron chi connectivity index (χ4n) is 8.59. The third-order valence-electron chi connectivity index (χ3n) is 12.8. The van der Waals surface area contributed by atoms with Crippen LogP contribution in [0.25, 0.3) is 22.5 Å². The first-order chi connectivity index (χ1) is 36.3. The SMILES string of the molecule is CC(=O)N1CCC(/C(Cc2ccncn2)=N/NS(=O)(=O)c2ccc(C)cc2)CC1.CC(=O)N1CCC(c2nn(S(=O)(=O)c3ccc(C)cc3)c(-c3ccc(Cl)cc3)c2-c2ccncn2)CC1.O=C(Cl)c1ccc(Cl)cc1. The van der Waals surface area contributed by atoms with Crippen LogP contribution in [-0.2, 0) is 36.1 Å². The van der Waals surface area contributed by atoms with Crippen molar-refractivity contribution in [3.63, 3.8) is 0 Å². The van der Waals surface area contributed by atoms with Crippen molar-refractivity contribution in [3.8, 4) is 22.5 Å². The summed E-state index contributed by atoms with van der Waals surface area (Å²) in [6.07, 6.45) is 9.39. The molecule has 0 saturated carbocycles. The standard InChI is InChI=1S/C27H26ClN5O3S.C20H25N5O3S.C7H4Cl2O/c1-18-3-9-23(10-4-18)37(35,36)33-27(21-5-7-22(28)8-6-21)25(24-11-14-29-17-30-24)26(31-33)20-12-15-32(16-13-20)19(2)34;1-15-3-5-19(6-4-15)29(27,28)24-23-20(13-18-7-10-21-14-22-18)17-8-11-25(12-9-17)16(2)26;8-6-3-1-5(2-4-6)7(9)10/h3-11,14,17,20H,12-13,15-16H2,1-2H3;3-7,10,14,17,24H,8-9,11-13H2,1-2H3;1-4H/b;23-20+;. The summed E-state index contributed by atoms with van der Waals surface area (Å²) in [6, 6.07) is 30.3. The van der Waals surface area contributed by atoms with Crippen molar-refractivity contribution in [2.75, 3.05) is 26.2 Å². The minimum absolute atomic E-state index is 0.0313. The number of nitrogens with one attached hydrogen (secondary N) is 1. The van der Waals surface area contributed by atoms with Crippen LogP contribution in [0.1, 0.15) is 78.3 Å². The number of hydrazone groups is 1. The van der Waals surface area contributed by atoms with E-state index in [1.807, 2.05) is 13.8 Å². The monoisotopic (exact) mass is 1120 g/mol. The predicted octanol–water partition coefficient (Wildman–Crippen LogP) is 9.57. The molecule has 2 aliphatic rings. The molecule has 0 aliphatic carbocycles. The Balaban J connectivity index is 0.000000191. The number of sulfonamides is 1. The number of rotatable bonds is 12. The second-order valence-corrected chi connectivity index (χ2v) is 22.7. The number of halogens is 3. The number of amides is 2. The van der Waals surface area contributed by atoms with E-state index in [9.17, 15) is 31.2 Å². The summed E-state index contributed by atoms with van der Waals surface area (Å²) in [4.78, 5) is 57.0. The summed E-state index contributed by atoms with van der Waals surface area (Å²) in [6.45, 7) is 9.35. The Morgan fingerprint density at radius 3 is 1.67 bits per heavy atom. The van der Waals surface area contributed by atoms with Gasteiger partial charge < -0.3 is 9.80 Å². The topological polar surface area (TPSA) is 220 Å². The van der Waals surface area contributed by atoms with Gasteiger partial charge in [0.2, 0.25) is 11.8 Å². The predicted molar refractivity (Wildman–Crippen MR) is 293 cm³/mol. The molecule has 4 aromatic carbocycles. The molecule has 17 nitrogen and oxygen atoms in total. The van der Waals surface area contributed by atoms with Gasteiger partial charge in [-0.05, 0) is 124 Å². The Hall–Kier alpha value is -6.90. The highest BCUT2D eigenvalue weighted by Crippen LogP contribution is 2.42. The van der Waals surface area contributed by atoms with Gasteiger partial charge in [-0.25, -0.2) is 24.8 Å². The fraction of sp³-hybridized carbons (Fsp3) is 0.278. The molecule has 2 amide bonds. The number of likely N-dealkylation sites (tertiary alicyclic amines) is 2. The van der Waals surface area contributed by atoms with Crippen LogP contribution in [0.2, 0.25) is 10.0 Å². The number of carbonyl (C=O) groups excluding carboxylic acids is 3. The molecule has 3 aromatic heterocycles. The summed E-state index contributed by atoms with van der Waals surface area (Å²) >= 11 is 16.9. The number of piperidine rings is 2. The van der Waals surface area contributed by atoms with Crippen LogP contribution in [0.3, 0.4) is 0 Å². The molecule has 1 N–H and O–H groups in total. The number of benzene rings is 4. The number of carbonyl (C=O) groups is 3. The zero-order chi connectivity index (χ0) is 54.6. The number of hydrogen-bond acceptors (Lipinski definition) is 13. The van der Waals surface area contributed by atoms with Crippen molar-refractivity contribution < 1.29 is 31.2 Å². The largest absolute Gasteiger partial charge is 0.343 e. The van der Waals surface area contributed by atoms with Crippen molar-refractivity contribution in [2.24, 2.45) is 11.0 Å². The second-order valence-electron chi connectivity index (χ2n) is 18.1. The minimum atomic E-state index is -4.05. The van der Waals surface area contributed by atoms with Crippen molar-refractivity contribution in [2.45, 2.75) is 75.5 Å². The Kier molecular flexibility index (Phi) is 19.3. The Morgan fingerprint density at radius 1 is 0.658 bits per heavy atom. The molecule has 5 heterocycles. The third-order valence-corrected chi connectivity index (χ3v) is 16.4. The van der Waals surface area contributed by atoms with Crippen molar-refractivity contribution in [3.05, 3.63) is 172 Å². The van der Waals surface area contributed by atoms with Gasteiger partial charge in [-0.15, -0.1) is 0 Å². The summed E-state index contributed by atoms with van der Waals surface area (Å²) in [7, 11) is -7.81. The van der Waals surface area contributed by atoms with Crippen LogP contribution >= 0.6 is 34.8 Å². The lowest BCUT2D eigenvalue weighted by Crippen LogP contribution is -2.40. The molecule has 22 heteroatoms. The maximum absolute atomic E-state index is 14.0. The van der Waals surface area contributed by atoms with Crippen LogP contribution in [0.15, 0.2) is 149 Å². The van der Waals surface area contributed by atoms with Gasteiger partial charge in [0.15, 0.2) is 0 Å². The van der Waals surface area contributed by atoms with Crippen LogP contribution in [0.5, 0.6) is 0 Å². The first-order valence-corrected chi connectivity index (χ1v) is 28.2. The van der Waals surface area contributed by atoms with Gasteiger partial charge in [0, 0.05) is 103 Å². The average molecular weight is 1130 g/mol. The zero-order valence-corrected chi connectivity index (χ0v) is 46.0. The number of aromatic nitrogens is 6. The van der Waals surface area contributed by atoms with E-state index in [-0.39, 0.29) is 33.4 Å². The lowest BCUT2D eigenvalue weighted by molar-refractivity contribution is -0.130. The van der Waals surface area contributed by atoms with Crippen LogP contribution in [0.4, 0.5) is 0 Å². The van der Waals surface area contributed by atoms with Gasteiger partial charge in [-0.3, -0.25) is 14.4 Å². The van der Waals surface area contributed by atoms with Gasteiger partial charge in [-0.1, -0.05) is 70.7 Å². The Morgan fingerprint density at radius 2 is 1.17 bits per heavy atom. The zero-order valence-electron chi connectivity index (χ0n) is 42.1. The van der Waals surface area contributed by atoms with Crippen molar-refractivity contribution in [1.29, 1.82) is 0 Å². The number of hydrogen-bond donors (Lipinski definition) is 1. The van der Waals surface area contributed by atoms with Gasteiger partial charge in [0.25, 0.3) is 25.3 Å². The Bertz CT molecular complexity index is 3380. The lowest BCUT2D eigenvalue weighted by atomic mass is 9.89. The van der Waals surface area contributed by atoms with E-state index in [0.717, 1.165) is 33.7 Å². The maximum Gasteiger partial charge on any atom is 0.283 e. The quantitative estimate of drug-likeness (QED) is 0.0687. The smallest absolute Gasteiger partial charge is 0.283 e. The van der Waals surface area contributed by atoms with Crippen LogP contribution in [0, 0.1) is 19.8 Å². The van der Waals surface area contributed by atoms with Crippen LogP contribution in [-0.4, -0.2) is 105 Å². The average Bonchev–Trinajstić information content (AvgIpc) is 3.84. The van der Waals surface area contributed by atoms with Gasteiger partial charge >= 0.3 is 0 Å². The molecular weight excluding hydrogens is 1070 g/mol. The highest BCUT2D eigenvalue weighted by molar-refractivity contribution is 7.90. The summed E-state index contributed by atoms with van der Waals surface area (Å²) in [5.41, 5.74) is 6.80. The van der Waals surface area contributed by atoms with Gasteiger partial charge in [0.05, 0.1) is 32.4 Å². The van der Waals surface area contributed by atoms with Crippen molar-refractivity contribution >= 4 is 77.6 Å². The van der Waals surface area contributed by atoms with E-state index in [1.165, 1.54) is 12.7 Å². The molecular formula is C54H55Cl3N10O7S2. The molecule has 0 spiro atoms. The van der Waals surface area contributed by atoms with E-state index in [4.69, 9.17) is 39.9 Å². The molecule has 2 saturated heterocycles. The first-order valence-electron chi connectivity index (χ1n) is 24.1. The second kappa shape index (κ2) is 25.8. The van der Waals surface area contributed by atoms with Crippen molar-refractivity contribution in [1.82, 2.24) is 43.8 Å². The van der Waals surface area contributed by atoms with E-state index >= 15 is 0 Å². The van der Waals surface area contributed by atoms with Crippen LogP contribution < -0.4 is 4.83 Å². The molecule has 0 radical (unpaired) electrons. The number of nitrogens with zero attached hydrogens (tertiary/aromatic N) is 9. The van der Waals surface area contributed by atoms with E-state index in [0.29, 0.717) is 95.0 Å². The highest BCUT2D eigenvalue weighted by Gasteiger charge is 2.34. The molecule has 2 fully saturated rings. The molecule has 396 valence electrons. The maximum atomic E-state index is 14.0. The molecule has 9 rings (SSSR count). The molecule has 2 aliphatic heterocycles. The van der Waals surface area contributed by atoms with Gasteiger partial charge in [0.1, 0.15) is 12.7 Å². The van der Waals surface area contributed by atoms with Gasteiger partial charge in [-0.2, -0.15) is 31.1 Å². The summed E-state index contributed by atoms with van der Waals surface area (Å²) < 4.78 is 54.4. The van der Waals surface area contributed by atoms with E-state index in [1.54, 1.807) is 145 Å². The molecule has 0 bridgehead atoms. The third kappa shape index (κ3) is 14.7. The molecule has 0 atom stereocenters. The minimum Gasteiger partial charge on any atom is -0.343 e. The Labute approximate surface area is 457 Å².